The third kappa shape index (κ3) is 1.02. The van der Waals surface area contributed by atoms with Gasteiger partial charge in [0.2, 0.25) is 0 Å². The zero-order valence-electron chi connectivity index (χ0n) is 4.28. The second kappa shape index (κ2) is 2.06. The maximum absolute atomic E-state index is 10.1. The van der Waals surface area contributed by atoms with E-state index in [9.17, 15) is 4.79 Å². The zero-order chi connectivity index (χ0) is 6.85. The highest BCUT2D eigenvalue weighted by Crippen LogP contribution is 1.98. The molecule has 0 unspecified atom stereocenters. The van der Waals surface area contributed by atoms with Crippen LogP contribution in [-0.4, -0.2) is 20.4 Å². The van der Waals surface area contributed by atoms with Crippen LogP contribution in [0.2, 0.25) is 0 Å². The van der Waals surface area contributed by atoms with Crippen LogP contribution in [0.5, 0.6) is 0 Å². The molecule has 0 aliphatic heterocycles. The van der Waals surface area contributed by atoms with E-state index in [-0.39, 0.29) is 5.69 Å². The fourth-order valence-corrected chi connectivity index (χ4v) is 0.615. The van der Waals surface area contributed by atoms with Crippen LogP contribution in [0, 0.1) is 0 Å². The monoisotopic (exact) mass is 146 g/mol. The first-order valence-electron chi connectivity index (χ1n) is 2.15. The molecule has 5 heteroatoms. The third-order valence-electron chi connectivity index (χ3n) is 0.818. The molecule has 48 valence electrons. The maximum atomic E-state index is 10.1. The molecule has 0 spiro atoms. The van der Waals surface area contributed by atoms with Crippen LogP contribution in [0.4, 0.5) is 0 Å². The molecule has 0 aromatic carbocycles. The van der Waals surface area contributed by atoms with E-state index in [4.69, 9.17) is 16.9 Å². The Morgan fingerprint density at radius 1 is 1.89 bits per heavy atom. The molecule has 0 aliphatic carbocycles. The third-order valence-corrected chi connectivity index (χ3v) is 1.09. The lowest BCUT2D eigenvalue weighted by Crippen LogP contribution is -2.00. The topological polar surface area (TPSA) is 55.1 Å². The Morgan fingerprint density at radius 2 is 2.56 bits per heavy atom. The highest BCUT2D eigenvalue weighted by Gasteiger charge is 2.06. The zero-order valence-corrected chi connectivity index (χ0v) is 5.04. The van der Waals surface area contributed by atoms with Crippen LogP contribution in [0.25, 0.3) is 0 Å². The van der Waals surface area contributed by atoms with E-state index in [1.165, 1.54) is 12.3 Å². The van der Waals surface area contributed by atoms with Gasteiger partial charge in [0.25, 0.3) is 0 Å². The molecule has 0 amide bonds. The summed E-state index contributed by atoms with van der Waals surface area (Å²) in [4.78, 5) is 10.1. The Balaban J connectivity index is 3.08. The smallest absolute Gasteiger partial charge is 0.355 e. The summed E-state index contributed by atoms with van der Waals surface area (Å²) in [6.07, 6.45) is 1.32. The maximum Gasteiger partial charge on any atom is 0.355 e. The average Bonchev–Trinajstić information content (AvgIpc) is 2.13. The quantitative estimate of drug-likeness (QED) is 0.631. The van der Waals surface area contributed by atoms with Crippen molar-refractivity contribution >= 4 is 17.7 Å². The molecule has 1 aromatic rings. The Labute approximate surface area is 55.8 Å². The van der Waals surface area contributed by atoms with Crippen molar-refractivity contribution < 1.29 is 9.90 Å². The molecule has 0 aliphatic rings. The van der Waals surface area contributed by atoms with Crippen LogP contribution in [0.15, 0.2) is 12.3 Å². The van der Waals surface area contributed by atoms with Crippen molar-refractivity contribution in [3.63, 3.8) is 0 Å². The lowest BCUT2D eigenvalue weighted by molar-refractivity contribution is 0.0688. The van der Waals surface area contributed by atoms with Crippen LogP contribution in [0.3, 0.4) is 0 Å². The van der Waals surface area contributed by atoms with Crippen molar-refractivity contribution in [3.8, 4) is 0 Å². The number of aromatic carboxylic acids is 1. The molecular formula is C4H3ClN2O2. The number of carbonyl (C=O) groups is 1. The molecule has 0 saturated carbocycles. The molecule has 0 saturated heterocycles. The highest BCUT2D eigenvalue weighted by atomic mass is 35.5. The summed E-state index contributed by atoms with van der Waals surface area (Å²) in [6.45, 7) is 0. The van der Waals surface area contributed by atoms with Gasteiger partial charge in [-0.2, -0.15) is 9.30 Å². The Bertz CT molecular complexity index is 232. The standard InChI is InChI=1S/C4H3ClN2O2/c5-7-3(4(8)9)1-2-6-7/h1-2H,(H,8,9). The van der Waals surface area contributed by atoms with Gasteiger partial charge in [0.05, 0.1) is 6.20 Å². The summed E-state index contributed by atoms with van der Waals surface area (Å²) >= 11 is 5.26. The van der Waals surface area contributed by atoms with Crippen LogP contribution >= 0.6 is 11.8 Å². The Morgan fingerprint density at radius 3 is 2.78 bits per heavy atom. The molecule has 4 nitrogen and oxygen atoms in total. The van der Waals surface area contributed by atoms with Crippen molar-refractivity contribution in [2.24, 2.45) is 0 Å². The molecule has 0 bridgehead atoms. The van der Waals surface area contributed by atoms with Crippen molar-refractivity contribution in [2.75, 3.05) is 0 Å². The highest BCUT2D eigenvalue weighted by molar-refractivity contribution is 6.16. The summed E-state index contributed by atoms with van der Waals surface area (Å²) in [5.41, 5.74) is -0.0309. The second-order valence-electron chi connectivity index (χ2n) is 1.38. The average molecular weight is 147 g/mol. The first-order chi connectivity index (χ1) is 4.22. The van der Waals surface area contributed by atoms with E-state index >= 15 is 0 Å². The fourth-order valence-electron chi connectivity index (χ4n) is 0.436. The molecule has 0 atom stereocenters. The minimum Gasteiger partial charge on any atom is -0.476 e. The number of hydrogen-bond donors (Lipinski definition) is 1. The normalized spacial score (nSPS) is 9.44. The SMILES string of the molecule is O=C(O)c1ccnn1Cl. The van der Waals surface area contributed by atoms with Crippen molar-refractivity contribution in [2.45, 2.75) is 0 Å². The number of halogens is 1. The van der Waals surface area contributed by atoms with E-state index in [0.29, 0.717) is 0 Å². The molecule has 1 rings (SSSR count). The number of carboxylic acid groups (broad SMARTS) is 1. The van der Waals surface area contributed by atoms with Gasteiger partial charge in [-0.05, 0) is 6.07 Å². The van der Waals surface area contributed by atoms with Gasteiger partial charge in [-0.15, -0.1) is 0 Å². The van der Waals surface area contributed by atoms with Gasteiger partial charge in [0.1, 0.15) is 0 Å². The number of hydrogen-bond acceptors (Lipinski definition) is 2. The van der Waals surface area contributed by atoms with E-state index in [1.54, 1.807) is 0 Å². The fraction of sp³-hybridized carbons (Fsp3) is 0. The lowest BCUT2D eigenvalue weighted by atomic mass is 10.5. The predicted molar refractivity (Wildman–Crippen MR) is 30.4 cm³/mol. The van der Waals surface area contributed by atoms with Gasteiger partial charge in [-0.1, -0.05) is 0 Å². The van der Waals surface area contributed by atoms with Gasteiger partial charge >= 0.3 is 5.97 Å². The summed E-state index contributed by atoms with van der Waals surface area (Å²) in [6, 6.07) is 1.31. The van der Waals surface area contributed by atoms with E-state index in [2.05, 4.69) is 5.10 Å². The van der Waals surface area contributed by atoms with Gasteiger partial charge in [-0.3, -0.25) is 0 Å². The van der Waals surface area contributed by atoms with Crippen LogP contribution in [0.1, 0.15) is 10.5 Å². The largest absolute Gasteiger partial charge is 0.476 e. The molecule has 1 N–H and O–H groups in total. The molecule has 9 heavy (non-hydrogen) atoms. The number of aromatic nitrogens is 2. The minimum atomic E-state index is -1.08. The van der Waals surface area contributed by atoms with Crippen LogP contribution in [-0.2, 0) is 0 Å². The van der Waals surface area contributed by atoms with Crippen molar-refractivity contribution in [1.29, 1.82) is 0 Å². The first kappa shape index (κ1) is 6.10. The summed E-state index contributed by atoms with van der Waals surface area (Å²) < 4.78 is 0.780. The Hall–Kier alpha value is -1.03. The molecule has 0 fully saturated rings. The lowest BCUT2D eigenvalue weighted by Gasteiger charge is -1.87. The van der Waals surface area contributed by atoms with Crippen molar-refractivity contribution in [3.05, 3.63) is 18.0 Å². The number of carboxylic acids is 1. The molecule has 1 aromatic heterocycles. The molecular weight excluding hydrogens is 144 g/mol. The van der Waals surface area contributed by atoms with Crippen molar-refractivity contribution in [1.82, 2.24) is 9.30 Å². The van der Waals surface area contributed by atoms with Gasteiger partial charge < -0.3 is 5.11 Å². The van der Waals surface area contributed by atoms with Gasteiger partial charge in [-0.25, -0.2) is 4.79 Å². The summed E-state index contributed by atoms with van der Waals surface area (Å²) in [5, 5.41) is 11.7. The second-order valence-corrected chi connectivity index (χ2v) is 1.70. The number of nitrogens with zero attached hydrogens (tertiary/aromatic N) is 2. The summed E-state index contributed by atoms with van der Waals surface area (Å²) in [7, 11) is 0. The number of rotatable bonds is 1. The van der Waals surface area contributed by atoms with Crippen LogP contribution < -0.4 is 0 Å². The first-order valence-corrected chi connectivity index (χ1v) is 2.49. The van der Waals surface area contributed by atoms with Gasteiger partial charge in [0.15, 0.2) is 5.69 Å². The molecule has 0 radical (unpaired) electrons. The summed E-state index contributed by atoms with van der Waals surface area (Å²) in [5.74, 6) is -1.08. The molecule has 1 heterocycles. The predicted octanol–water partition coefficient (Wildman–Crippen LogP) is 0.583. The van der Waals surface area contributed by atoms with E-state index in [1.807, 2.05) is 0 Å². The Kier molecular flexibility index (Phi) is 1.40. The van der Waals surface area contributed by atoms with E-state index < -0.39 is 5.97 Å². The minimum absolute atomic E-state index is 0.0309. The van der Waals surface area contributed by atoms with E-state index in [0.717, 1.165) is 4.20 Å². The van der Waals surface area contributed by atoms with Gasteiger partial charge in [0, 0.05) is 11.8 Å².